The SMILES string of the molecule is Nc1ncnc2c1N=C[N+]2(CC(c1ccc(F)cc1)c1ccc(F)cc1)[C@@H]1O[C@H](CO)[C@@H](O)[C@H]1O. The Balaban J connectivity index is 1.66. The van der Waals surface area contributed by atoms with E-state index in [4.69, 9.17) is 10.5 Å². The molecule has 0 bridgehead atoms. The van der Waals surface area contributed by atoms with Gasteiger partial charge in [-0.15, -0.1) is 0 Å². The Hall–Kier alpha value is -3.35. The first kappa shape index (κ1) is 23.4. The van der Waals surface area contributed by atoms with Gasteiger partial charge in [0.2, 0.25) is 6.23 Å². The third kappa shape index (κ3) is 3.97. The Morgan fingerprint density at radius 1 is 0.943 bits per heavy atom. The molecule has 1 fully saturated rings. The number of rotatable bonds is 6. The molecule has 5 rings (SSSR count). The minimum Gasteiger partial charge on any atom is -0.394 e. The van der Waals surface area contributed by atoms with Crippen molar-refractivity contribution in [3.8, 4) is 0 Å². The van der Waals surface area contributed by atoms with Gasteiger partial charge >= 0.3 is 0 Å². The molecule has 0 aliphatic carbocycles. The van der Waals surface area contributed by atoms with Crippen LogP contribution in [0, 0.1) is 11.6 Å². The molecule has 0 spiro atoms. The highest BCUT2D eigenvalue weighted by Gasteiger charge is 2.58. The summed E-state index contributed by atoms with van der Waals surface area (Å²) in [7, 11) is 0. The summed E-state index contributed by atoms with van der Waals surface area (Å²) < 4.78 is 33.1. The highest BCUT2D eigenvalue weighted by atomic mass is 19.1. The van der Waals surface area contributed by atoms with Crippen molar-refractivity contribution in [2.24, 2.45) is 4.99 Å². The van der Waals surface area contributed by atoms with E-state index in [2.05, 4.69) is 15.0 Å². The molecule has 182 valence electrons. The summed E-state index contributed by atoms with van der Waals surface area (Å²) in [4.78, 5) is 12.8. The van der Waals surface area contributed by atoms with Crippen LogP contribution in [0.3, 0.4) is 0 Å². The lowest BCUT2D eigenvalue weighted by Crippen LogP contribution is -2.61. The maximum Gasteiger partial charge on any atom is 0.267 e. The van der Waals surface area contributed by atoms with E-state index >= 15 is 0 Å². The molecule has 35 heavy (non-hydrogen) atoms. The minimum absolute atomic E-state index is 0.123. The maximum atomic E-state index is 13.7. The molecule has 1 unspecified atom stereocenters. The Morgan fingerprint density at radius 2 is 1.54 bits per heavy atom. The fourth-order valence-corrected chi connectivity index (χ4v) is 4.81. The lowest BCUT2D eigenvalue weighted by molar-refractivity contribution is -0.0676. The van der Waals surface area contributed by atoms with Crippen LogP contribution in [0.15, 0.2) is 59.9 Å². The van der Waals surface area contributed by atoms with E-state index in [-0.39, 0.29) is 16.8 Å². The van der Waals surface area contributed by atoms with Gasteiger partial charge in [-0.05, 0) is 35.4 Å². The van der Waals surface area contributed by atoms with Crippen LogP contribution in [0.5, 0.6) is 0 Å². The molecule has 0 radical (unpaired) electrons. The average Bonchev–Trinajstić information content (AvgIpc) is 3.38. The molecule has 5 N–H and O–H groups in total. The lowest BCUT2D eigenvalue weighted by atomic mass is 9.89. The van der Waals surface area contributed by atoms with Crippen LogP contribution < -0.4 is 10.2 Å². The van der Waals surface area contributed by atoms with Gasteiger partial charge in [-0.25, -0.2) is 18.2 Å². The minimum atomic E-state index is -1.40. The number of aliphatic hydroxyl groups excluding tert-OH is 3. The lowest BCUT2D eigenvalue weighted by Gasteiger charge is -2.38. The summed E-state index contributed by atoms with van der Waals surface area (Å²) in [5.74, 6) is -0.828. The van der Waals surface area contributed by atoms with Crippen LogP contribution in [0.4, 0.5) is 26.1 Å². The zero-order chi connectivity index (χ0) is 24.7. The summed E-state index contributed by atoms with van der Waals surface area (Å²) in [5, 5.41) is 31.1. The molecule has 5 atom stereocenters. The fourth-order valence-electron chi connectivity index (χ4n) is 4.81. The number of aliphatic hydroxyl groups is 3. The number of aliphatic imine (C=N–C) groups is 1. The van der Waals surface area contributed by atoms with Gasteiger partial charge in [-0.1, -0.05) is 24.3 Å². The quantitative estimate of drug-likeness (QED) is 0.391. The van der Waals surface area contributed by atoms with Crippen LogP contribution in [0.25, 0.3) is 0 Å². The molecule has 1 saturated heterocycles. The van der Waals surface area contributed by atoms with Crippen molar-refractivity contribution in [3.05, 3.63) is 77.6 Å². The number of ether oxygens (including phenoxy) is 1. The second kappa shape index (κ2) is 9.02. The monoisotopic (exact) mass is 484 g/mol. The number of hydrogen-bond donors (Lipinski definition) is 4. The number of fused-ring (bicyclic) bond motifs is 1. The smallest absolute Gasteiger partial charge is 0.267 e. The Labute approximate surface area is 199 Å². The number of benzene rings is 2. The van der Waals surface area contributed by atoms with Crippen LogP contribution in [-0.2, 0) is 4.74 Å². The van der Waals surface area contributed by atoms with Gasteiger partial charge in [0.15, 0.2) is 23.9 Å². The number of aromatic nitrogens is 2. The van der Waals surface area contributed by atoms with Gasteiger partial charge in [0.1, 0.15) is 36.7 Å². The summed E-state index contributed by atoms with van der Waals surface area (Å²) in [6.45, 7) is -0.374. The van der Waals surface area contributed by atoms with Crippen molar-refractivity contribution in [3.63, 3.8) is 0 Å². The molecule has 3 heterocycles. The second-order valence-corrected chi connectivity index (χ2v) is 8.67. The second-order valence-electron chi connectivity index (χ2n) is 8.67. The summed E-state index contributed by atoms with van der Waals surface area (Å²) >= 11 is 0. The van der Waals surface area contributed by atoms with Gasteiger partial charge in [-0.3, -0.25) is 0 Å². The van der Waals surface area contributed by atoms with Crippen molar-refractivity contribution in [1.82, 2.24) is 14.5 Å². The molecule has 2 aliphatic rings. The molecule has 1 aromatic heterocycles. The zero-order valence-electron chi connectivity index (χ0n) is 18.4. The number of nitrogens with two attached hydrogens (primary N) is 1. The average molecular weight is 484 g/mol. The normalized spacial score (nSPS) is 27.5. The van der Waals surface area contributed by atoms with Crippen LogP contribution in [0.1, 0.15) is 17.0 Å². The van der Waals surface area contributed by atoms with Gasteiger partial charge in [0.05, 0.1) is 12.5 Å². The molecular formula is C24H24F2N5O4+. The van der Waals surface area contributed by atoms with Crippen molar-refractivity contribution >= 4 is 23.7 Å². The number of halogens is 2. The van der Waals surface area contributed by atoms with E-state index in [0.29, 0.717) is 22.6 Å². The van der Waals surface area contributed by atoms with Crippen LogP contribution in [-0.4, -0.2) is 69.3 Å². The molecule has 0 saturated carbocycles. The van der Waals surface area contributed by atoms with E-state index in [9.17, 15) is 24.1 Å². The third-order valence-corrected chi connectivity index (χ3v) is 6.62. The van der Waals surface area contributed by atoms with Crippen LogP contribution in [0.2, 0.25) is 0 Å². The molecule has 0 amide bonds. The van der Waals surface area contributed by atoms with Crippen molar-refractivity contribution in [2.45, 2.75) is 30.5 Å². The highest BCUT2D eigenvalue weighted by Crippen LogP contribution is 2.46. The number of quaternary nitrogens is 1. The Morgan fingerprint density at radius 3 is 2.09 bits per heavy atom. The molecule has 2 aliphatic heterocycles. The molecule has 9 nitrogen and oxygen atoms in total. The predicted octanol–water partition coefficient (Wildman–Crippen LogP) is 1.59. The van der Waals surface area contributed by atoms with E-state index in [1.165, 1.54) is 36.9 Å². The fraction of sp³-hybridized carbons (Fsp3) is 0.292. The topological polar surface area (TPSA) is 134 Å². The largest absolute Gasteiger partial charge is 0.394 e. The number of nitrogen functional groups attached to an aromatic ring is 1. The molecule has 3 aromatic rings. The summed E-state index contributed by atoms with van der Waals surface area (Å²) in [6.07, 6.45) is -2.12. The number of anilines is 1. The Bertz CT molecular complexity index is 1200. The predicted molar refractivity (Wildman–Crippen MR) is 124 cm³/mol. The number of hydrogen-bond acceptors (Lipinski definition) is 8. The third-order valence-electron chi connectivity index (χ3n) is 6.62. The van der Waals surface area contributed by atoms with Gasteiger partial charge in [0.25, 0.3) is 5.82 Å². The van der Waals surface area contributed by atoms with Gasteiger partial charge in [0, 0.05) is 0 Å². The summed E-state index contributed by atoms with van der Waals surface area (Å²) in [6, 6.07) is 11.8. The molecular weight excluding hydrogens is 460 g/mol. The standard InChI is InChI=1S/C24H24F2N5O4/c25-15-5-1-13(2-6-15)17(14-3-7-16(26)8-4-14)9-31(24-21(34)20(33)18(10-32)35-24)12-30-19-22(27)28-11-29-23(19)31/h1-8,11-12,17-18,20-21,24,32-34H,9-10H2,(H2,27,28,29)/q+1/t18-,20-,21-,24-,31?/m1/s1. The molecule has 11 heteroatoms. The Kier molecular flexibility index (Phi) is 6.03. The van der Waals surface area contributed by atoms with E-state index < -0.39 is 48.7 Å². The van der Waals surface area contributed by atoms with Crippen LogP contribution >= 0.6 is 0 Å². The van der Waals surface area contributed by atoms with Gasteiger partial charge in [-0.2, -0.15) is 9.98 Å². The van der Waals surface area contributed by atoms with Gasteiger partial charge < -0.3 is 25.8 Å². The van der Waals surface area contributed by atoms with Crippen molar-refractivity contribution in [2.75, 3.05) is 18.9 Å². The van der Waals surface area contributed by atoms with E-state index in [1.807, 2.05) is 0 Å². The van der Waals surface area contributed by atoms with E-state index in [0.717, 1.165) is 0 Å². The van der Waals surface area contributed by atoms with Crippen molar-refractivity contribution in [1.29, 1.82) is 0 Å². The first-order chi connectivity index (χ1) is 16.8. The highest BCUT2D eigenvalue weighted by molar-refractivity contribution is 5.91. The van der Waals surface area contributed by atoms with Crippen molar-refractivity contribution < 1.29 is 28.8 Å². The summed E-state index contributed by atoms with van der Waals surface area (Å²) in [5.41, 5.74) is 7.76. The first-order valence-electron chi connectivity index (χ1n) is 11.0. The first-order valence-corrected chi connectivity index (χ1v) is 11.0. The zero-order valence-corrected chi connectivity index (χ0v) is 18.4. The number of nitrogens with zero attached hydrogens (tertiary/aromatic N) is 4. The van der Waals surface area contributed by atoms with E-state index in [1.54, 1.807) is 24.3 Å². The molecule has 2 aromatic carbocycles. The maximum absolute atomic E-state index is 13.7.